The average molecular weight is 237 g/mol. The molecule has 0 atom stereocenters. The van der Waals surface area contributed by atoms with Crippen molar-refractivity contribution in [3.05, 3.63) is 12.3 Å². The summed E-state index contributed by atoms with van der Waals surface area (Å²) in [5.41, 5.74) is 2.10. The molecule has 88 valence electrons. The second kappa shape index (κ2) is 5.99. The molecule has 3 nitrogen and oxygen atoms in total. The Morgan fingerprint density at radius 1 is 1.44 bits per heavy atom. The van der Waals surface area contributed by atoms with Crippen LogP contribution in [0.15, 0.2) is 27.3 Å². The Hall–Kier alpha value is -0.900. The molecular formula is C12H19N3S. The second-order valence-corrected chi connectivity index (χ2v) is 5.57. The summed E-state index contributed by atoms with van der Waals surface area (Å²) >= 11 is 1.52. The highest BCUT2D eigenvalue weighted by Crippen LogP contribution is 2.19. The number of hydrogen-bond acceptors (Lipinski definition) is 3. The molecule has 1 heterocycles. The molecule has 0 amide bonds. The Morgan fingerprint density at radius 2 is 2.19 bits per heavy atom. The first kappa shape index (κ1) is 13.2. The molecule has 16 heavy (non-hydrogen) atoms. The van der Waals surface area contributed by atoms with Crippen molar-refractivity contribution in [3.63, 3.8) is 0 Å². The van der Waals surface area contributed by atoms with Crippen LogP contribution in [0.3, 0.4) is 0 Å². The predicted molar refractivity (Wildman–Crippen MR) is 74.7 cm³/mol. The minimum absolute atomic E-state index is 0.316. The third-order valence-corrected chi connectivity index (χ3v) is 2.59. The molecule has 0 fully saturated rings. The summed E-state index contributed by atoms with van der Waals surface area (Å²) in [5, 5.41) is 0.895. The molecule has 0 aromatic carbocycles. The summed E-state index contributed by atoms with van der Waals surface area (Å²) in [6.45, 7) is 9.38. The van der Waals surface area contributed by atoms with E-state index < -0.39 is 0 Å². The zero-order chi connectivity index (χ0) is 12.0. The SMILES string of the molecule is CCN=C1N=CSC1=N/C=C\CC(C)(C)C. The maximum Gasteiger partial charge on any atom is 0.181 e. The monoisotopic (exact) mass is 237 g/mol. The summed E-state index contributed by atoms with van der Waals surface area (Å²) in [7, 11) is 0. The lowest BCUT2D eigenvalue weighted by Crippen LogP contribution is -2.03. The lowest BCUT2D eigenvalue weighted by atomic mass is 9.92. The lowest BCUT2D eigenvalue weighted by molar-refractivity contribution is 0.420. The van der Waals surface area contributed by atoms with Crippen molar-refractivity contribution in [1.29, 1.82) is 0 Å². The third-order valence-electron chi connectivity index (χ3n) is 1.87. The van der Waals surface area contributed by atoms with E-state index in [0.29, 0.717) is 5.41 Å². The van der Waals surface area contributed by atoms with Gasteiger partial charge in [0, 0.05) is 12.7 Å². The van der Waals surface area contributed by atoms with Gasteiger partial charge >= 0.3 is 0 Å². The van der Waals surface area contributed by atoms with Gasteiger partial charge < -0.3 is 0 Å². The van der Waals surface area contributed by atoms with Gasteiger partial charge in [-0.3, -0.25) is 4.99 Å². The summed E-state index contributed by atoms with van der Waals surface area (Å²) in [4.78, 5) is 12.8. The van der Waals surface area contributed by atoms with Gasteiger partial charge in [-0.05, 0) is 18.8 Å². The highest BCUT2D eigenvalue weighted by molar-refractivity contribution is 8.27. The van der Waals surface area contributed by atoms with Gasteiger partial charge in [0.2, 0.25) is 0 Å². The Labute approximate surface area is 102 Å². The Balaban J connectivity index is 2.55. The molecule has 0 aromatic heterocycles. The normalized spacial score (nSPS) is 21.8. The average Bonchev–Trinajstić information content (AvgIpc) is 2.60. The van der Waals surface area contributed by atoms with E-state index in [9.17, 15) is 0 Å². The molecule has 0 aliphatic carbocycles. The highest BCUT2D eigenvalue weighted by Gasteiger charge is 2.12. The molecule has 1 aliphatic heterocycles. The first-order valence-corrected chi connectivity index (χ1v) is 6.38. The Morgan fingerprint density at radius 3 is 2.81 bits per heavy atom. The number of rotatable bonds is 3. The summed E-state index contributed by atoms with van der Waals surface area (Å²) in [5.74, 6) is 0.757. The van der Waals surface area contributed by atoms with Crippen molar-refractivity contribution < 1.29 is 0 Å². The maximum atomic E-state index is 4.37. The number of hydrogen-bond donors (Lipinski definition) is 0. The fourth-order valence-corrected chi connectivity index (χ4v) is 1.70. The van der Waals surface area contributed by atoms with Crippen LogP contribution in [0.25, 0.3) is 0 Å². The molecule has 0 bridgehead atoms. The van der Waals surface area contributed by atoms with Crippen LogP contribution < -0.4 is 0 Å². The van der Waals surface area contributed by atoms with Crippen LogP contribution in [-0.4, -0.2) is 23.0 Å². The van der Waals surface area contributed by atoms with E-state index in [-0.39, 0.29) is 0 Å². The standard InChI is InChI=1S/C12H19N3S/c1-5-13-10-11(16-9-15-10)14-8-6-7-12(2,3)4/h6,8-9H,5,7H2,1-4H3/b8-6-,13-10?,14-11?. The molecule has 0 N–H and O–H groups in total. The summed E-state index contributed by atoms with van der Waals surface area (Å²) < 4.78 is 0. The molecule has 0 saturated carbocycles. The van der Waals surface area contributed by atoms with E-state index in [1.807, 2.05) is 13.1 Å². The van der Waals surface area contributed by atoms with Crippen LogP contribution in [0.1, 0.15) is 34.1 Å². The van der Waals surface area contributed by atoms with Crippen molar-refractivity contribution in [1.82, 2.24) is 0 Å². The molecule has 0 saturated heterocycles. The van der Waals surface area contributed by atoms with Gasteiger partial charge in [0.15, 0.2) is 5.84 Å². The summed E-state index contributed by atoms with van der Waals surface area (Å²) in [6, 6.07) is 0. The smallest absolute Gasteiger partial charge is 0.181 e. The van der Waals surface area contributed by atoms with Gasteiger partial charge in [0.05, 0.1) is 5.55 Å². The number of allylic oxidation sites excluding steroid dienone is 1. The van der Waals surface area contributed by atoms with Crippen molar-refractivity contribution in [2.45, 2.75) is 34.1 Å². The van der Waals surface area contributed by atoms with E-state index >= 15 is 0 Å². The molecule has 0 radical (unpaired) electrons. The van der Waals surface area contributed by atoms with Crippen molar-refractivity contribution in [2.24, 2.45) is 20.4 Å². The minimum atomic E-state index is 0.316. The van der Waals surface area contributed by atoms with Crippen molar-refractivity contribution >= 4 is 28.2 Å². The molecule has 0 unspecified atom stereocenters. The highest BCUT2D eigenvalue weighted by atomic mass is 32.2. The molecule has 0 aromatic rings. The fourth-order valence-electron chi connectivity index (χ4n) is 1.11. The molecule has 1 rings (SSSR count). The first-order chi connectivity index (χ1) is 7.53. The van der Waals surface area contributed by atoms with Gasteiger partial charge in [-0.15, -0.1) is 0 Å². The van der Waals surface area contributed by atoms with E-state index in [4.69, 9.17) is 0 Å². The topological polar surface area (TPSA) is 37.1 Å². The van der Waals surface area contributed by atoms with E-state index in [0.717, 1.165) is 23.8 Å². The molecule has 4 heteroatoms. The second-order valence-electron chi connectivity index (χ2n) is 4.73. The van der Waals surface area contributed by atoms with Gasteiger partial charge in [-0.1, -0.05) is 38.6 Å². The van der Waals surface area contributed by atoms with Crippen molar-refractivity contribution in [3.8, 4) is 0 Å². The third kappa shape index (κ3) is 4.75. The number of aliphatic imine (C=N–C) groups is 3. The molecular weight excluding hydrogens is 218 g/mol. The van der Waals surface area contributed by atoms with Gasteiger partial charge in [-0.25, -0.2) is 9.98 Å². The van der Waals surface area contributed by atoms with Crippen LogP contribution in [0, 0.1) is 5.41 Å². The summed E-state index contributed by atoms with van der Waals surface area (Å²) in [6.07, 6.45) is 4.97. The van der Waals surface area contributed by atoms with Crippen molar-refractivity contribution in [2.75, 3.05) is 6.54 Å². The van der Waals surface area contributed by atoms with Gasteiger partial charge in [-0.2, -0.15) is 0 Å². The quantitative estimate of drug-likeness (QED) is 0.740. The number of nitrogens with zero attached hydrogens (tertiary/aromatic N) is 3. The maximum absolute atomic E-state index is 4.37. The fraction of sp³-hybridized carbons (Fsp3) is 0.583. The van der Waals surface area contributed by atoms with Crippen LogP contribution in [0.2, 0.25) is 0 Å². The largest absolute Gasteiger partial charge is 0.265 e. The first-order valence-electron chi connectivity index (χ1n) is 5.50. The molecule has 1 aliphatic rings. The van der Waals surface area contributed by atoms with Crippen LogP contribution in [0.4, 0.5) is 0 Å². The number of amidine groups is 1. The van der Waals surface area contributed by atoms with E-state index in [1.54, 1.807) is 5.55 Å². The van der Waals surface area contributed by atoms with E-state index in [2.05, 4.69) is 41.8 Å². The minimum Gasteiger partial charge on any atom is -0.265 e. The van der Waals surface area contributed by atoms with Crippen LogP contribution in [-0.2, 0) is 0 Å². The van der Waals surface area contributed by atoms with Gasteiger partial charge in [0.1, 0.15) is 5.04 Å². The van der Waals surface area contributed by atoms with Gasteiger partial charge in [0.25, 0.3) is 0 Å². The Bertz CT molecular complexity index is 346. The number of thioether (sulfide) groups is 1. The predicted octanol–water partition coefficient (Wildman–Crippen LogP) is 3.53. The Kier molecular flexibility index (Phi) is 4.93. The zero-order valence-corrected chi connectivity index (χ0v) is 11.2. The zero-order valence-electron chi connectivity index (χ0n) is 10.4. The van der Waals surface area contributed by atoms with Crippen LogP contribution in [0.5, 0.6) is 0 Å². The van der Waals surface area contributed by atoms with E-state index in [1.165, 1.54) is 11.8 Å². The lowest BCUT2D eigenvalue weighted by Gasteiger charge is -2.13. The van der Waals surface area contributed by atoms with Crippen LogP contribution >= 0.6 is 11.8 Å². The molecule has 0 spiro atoms.